The summed E-state index contributed by atoms with van der Waals surface area (Å²) in [5.74, 6) is -9.89. The van der Waals surface area contributed by atoms with Crippen molar-refractivity contribution in [3.8, 4) is 11.5 Å². The Bertz CT molecular complexity index is 1300. The number of Topliss-reactive ketones (excluding diaryl/α,β-unsaturated/α-hetero) is 1. The first kappa shape index (κ1) is 23.5. The summed E-state index contributed by atoms with van der Waals surface area (Å²) in [5, 5.41) is 0. The summed E-state index contributed by atoms with van der Waals surface area (Å²) in [7, 11) is 0. The summed E-state index contributed by atoms with van der Waals surface area (Å²) in [6, 6.07) is 10.4. The number of halogens is 5. The van der Waals surface area contributed by atoms with Crippen LogP contribution in [0, 0.1) is 36.0 Å². The van der Waals surface area contributed by atoms with E-state index in [0.717, 1.165) is 11.1 Å². The number of fused-ring (bicyclic) bond motifs is 1. The van der Waals surface area contributed by atoms with Gasteiger partial charge < -0.3 is 9.47 Å². The van der Waals surface area contributed by atoms with Crippen molar-refractivity contribution in [1.82, 2.24) is 0 Å². The number of hydrogen-bond acceptors (Lipinski definition) is 3. The van der Waals surface area contributed by atoms with Gasteiger partial charge in [0.2, 0.25) is 11.6 Å². The zero-order chi connectivity index (χ0) is 24.7. The molecule has 1 aliphatic rings. The maximum Gasteiger partial charge on any atom is 0.231 e. The van der Waals surface area contributed by atoms with Crippen molar-refractivity contribution in [3.63, 3.8) is 0 Å². The van der Waals surface area contributed by atoms with Crippen LogP contribution in [0.1, 0.15) is 52.4 Å². The fraction of sp³-hybridized carbons (Fsp3) is 0.192. The number of carbonyl (C=O) groups excluding carboxylic acids is 1. The molecule has 176 valence electrons. The molecule has 4 rings (SSSR count). The summed E-state index contributed by atoms with van der Waals surface area (Å²) < 4.78 is 79.0. The molecule has 0 fully saturated rings. The molecule has 3 nitrogen and oxygen atoms in total. The molecule has 34 heavy (non-hydrogen) atoms. The molecule has 0 spiro atoms. The lowest BCUT2D eigenvalue weighted by molar-refractivity contribution is 0.101. The molecule has 0 saturated carbocycles. The molecular weight excluding hydrogens is 455 g/mol. The Kier molecular flexibility index (Phi) is 6.17. The Hall–Kier alpha value is -3.68. The molecule has 3 aromatic carbocycles. The van der Waals surface area contributed by atoms with Crippen molar-refractivity contribution in [3.05, 3.63) is 99.1 Å². The predicted octanol–water partition coefficient (Wildman–Crippen LogP) is 7.01. The SMILES string of the molecule is Cc1c(OCc2c(F)c(F)c(F)c(F)c2F)ccc2c1O/C(=C\c1ccc(C(C)C)cc1)C2=O. The first-order valence-corrected chi connectivity index (χ1v) is 10.4. The van der Waals surface area contributed by atoms with Crippen LogP contribution in [0.3, 0.4) is 0 Å². The topological polar surface area (TPSA) is 35.5 Å². The summed E-state index contributed by atoms with van der Waals surface area (Å²) >= 11 is 0. The number of rotatable bonds is 5. The highest BCUT2D eigenvalue weighted by atomic mass is 19.2. The Labute approximate surface area is 192 Å². The third-order valence-electron chi connectivity index (χ3n) is 5.61. The van der Waals surface area contributed by atoms with Gasteiger partial charge in [-0.2, -0.15) is 0 Å². The van der Waals surface area contributed by atoms with E-state index in [-0.39, 0.29) is 28.6 Å². The average molecular weight is 474 g/mol. The van der Waals surface area contributed by atoms with E-state index in [9.17, 15) is 26.7 Å². The summed E-state index contributed by atoms with van der Waals surface area (Å²) in [6.45, 7) is 4.79. The summed E-state index contributed by atoms with van der Waals surface area (Å²) in [6.07, 6.45) is 1.60. The van der Waals surface area contributed by atoms with Crippen LogP contribution < -0.4 is 9.47 Å². The summed E-state index contributed by atoms with van der Waals surface area (Å²) in [5.41, 5.74) is 1.43. The van der Waals surface area contributed by atoms with Gasteiger partial charge >= 0.3 is 0 Å². The molecule has 0 saturated heterocycles. The molecule has 0 aromatic heterocycles. The van der Waals surface area contributed by atoms with Crippen LogP contribution in [-0.4, -0.2) is 5.78 Å². The van der Waals surface area contributed by atoms with Crippen molar-refractivity contribution < 1.29 is 36.2 Å². The first-order valence-electron chi connectivity index (χ1n) is 10.4. The van der Waals surface area contributed by atoms with Gasteiger partial charge in [-0.3, -0.25) is 4.79 Å². The maximum absolute atomic E-state index is 13.9. The highest BCUT2D eigenvalue weighted by Crippen LogP contribution is 2.39. The highest BCUT2D eigenvalue weighted by Gasteiger charge is 2.31. The molecule has 1 aliphatic heterocycles. The fourth-order valence-electron chi connectivity index (χ4n) is 3.58. The van der Waals surface area contributed by atoms with Gasteiger partial charge in [-0.15, -0.1) is 0 Å². The zero-order valence-corrected chi connectivity index (χ0v) is 18.4. The molecule has 0 amide bonds. The van der Waals surface area contributed by atoms with Crippen molar-refractivity contribution in [2.75, 3.05) is 0 Å². The molecule has 0 N–H and O–H groups in total. The molecule has 1 heterocycles. The summed E-state index contributed by atoms with van der Waals surface area (Å²) in [4.78, 5) is 12.8. The number of benzene rings is 3. The molecule has 3 aromatic rings. The van der Waals surface area contributed by atoms with Gasteiger partial charge in [-0.05, 0) is 42.2 Å². The predicted molar refractivity (Wildman–Crippen MR) is 115 cm³/mol. The molecule has 0 unspecified atom stereocenters. The zero-order valence-electron chi connectivity index (χ0n) is 18.4. The minimum atomic E-state index is -2.24. The van der Waals surface area contributed by atoms with Crippen molar-refractivity contribution in [2.24, 2.45) is 0 Å². The molecule has 8 heteroatoms. The van der Waals surface area contributed by atoms with E-state index in [1.165, 1.54) is 12.1 Å². The average Bonchev–Trinajstić information content (AvgIpc) is 3.14. The van der Waals surface area contributed by atoms with Gasteiger partial charge in [0, 0.05) is 5.56 Å². The van der Waals surface area contributed by atoms with E-state index >= 15 is 0 Å². The lowest BCUT2D eigenvalue weighted by atomic mass is 10.0. The molecule has 0 atom stereocenters. The van der Waals surface area contributed by atoms with E-state index in [1.807, 2.05) is 24.3 Å². The van der Waals surface area contributed by atoms with E-state index in [1.54, 1.807) is 13.0 Å². The van der Waals surface area contributed by atoms with Crippen LogP contribution in [-0.2, 0) is 6.61 Å². The second kappa shape index (κ2) is 8.93. The first-order chi connectivity index (χ1) is 16.1. The van der Waals surface area contributed by atoms with Crippen LogP contribution in [0.15, 0.2) is 42.2 Å². The maximum atomic E-state index is 13.9. The molecule has 0 radical (unpaired) electrons. The monoisotopic (exact) mass is 474 g/mol. The largest absolute Gasteiger partial charge is 0.488 e. The van der Waals surface area contributed by atoms with Gasteiger partial charge in [0.05, 0.1) is 11.1 Å². The minimum absolute atomic E-state index is 0.0676. The van der Waals surface area contributed by atoms with E-state index in [2.05, 4.69) is 13.8 Å². The second-order valence-electron chi connectivity index (χ2n) is 8.16. The normalized spacial score (nSPS) is 14.0. The van der Waals surface area contributed by atoms with Crippen molar-refractivity contribution in [1.29, 1.82) is 0 Å². The second-order valence-corrected chi connectivity index (χ2v) is 8.16. The Morgan fingerprint density at radius 3 is 2.06 bits per heavy atom. The van der Waals surface area contributed by atoms with E-state index in [0.29, 0.717) is 11.5 Å². The standard InChI is InChI=1S/C26H19F5O3/c1-12(2)15-6-4-14(5-7-15)10-19-25(32)16-8-9-18(13(3)26(16)34-19)33-11-17-20(27)22(29)24(31)23(30)21(17)28/h4-10,12H,11H2,1-3H3/b19-10-. The third-order valence-corrected chi connectivity index (χ3v) is 5.61. The molecule has 0 aliphatic carbocycles. The number of carbonyl (C=O) groups is 1. The Morgan fingerprint density at radius 1 is 0.882 bits per heavy atom. The quantitative estimate of drug-likeness (QED) is 0.173. The fourth-order valence-corrected chi connectivity index (χ4v) is 3.58. The van der Waals surface area contributed by atoms with Crippen LogP contribution in [0.5, 0.6) is 11.5 Å². The van der Waals surface area contributed by atoms with Gasteiger partial charge in [0.1, 0.15) is 18.1 Å². The third kappa shape index (κ3) is 4.04. The van der Waals surface area contributed by atoms with Crippen molar-refractivity contribution in [2.45, 2.75) is 33.3 Å². The lowest BCUT2D eigenvalue weighted by Gasteiger charge is -2.13. The molecular formula is C26H19F5O3. The number of hydrogen-bond donors (Lipinski definition) is 0. The van der Waals surface area contributed by atoms with E-state index in [4.69, 9.17) is 9.47 Å². The smallest absolute Gasteiger partial charge is 0.231 e. The highest BCUT2D eigenvalue weighted by molar-refractivity contribution is 6.14. The van der Waals surface area contributed by atoms with Gasteiger partial charge in [0.15, 0.2) is 29.0 Å². The van der Waals surface area contributed by atoms with Crippen molar-refractivity contribution >= 4 is 11.9 Å². The van der Waals surface area contributed by atoms with Crippen LogP contribution in [0.4, 0.5) is 22.0 Å². The molecule has 0 bridgehead atoms. The number of ketones is 1. The van der Waals surface area contributed by atoms with Crippen LogP contribution >= 0.6 is 0 Å². The van der Waals surface area contributed by atoms with Gasteiger partial charge in [-0.25, -0.2) is 22.0 Å². The van der Waals surface area contributed by atoms with E-state index < -0.39 is 41.3 Å². The lowest BCUT2D eigenvalue weighted by Crippen LogP contribution is -2.10. The number of ether oxygens (including phenoxy) is 2. The van der Waals surface area contributed by atoms with Gasteiger partial charge in [0.25, 0.3) is 0 Å². The van der Waals surface area contributed by atoms with Crippen LogP contribution in [0.2, 0.25) is 0 Å². The minimum Gasteiger partial charge on any atom is -0.488 e. The Balaban J connectivity index is 1.58. The number of allylic oxidation sites excluding steroid dienone is 1. The van der Waals surface area contributed by atoms with Crippen LogP contribution in [0.25, 0.3) is 6.08 Å². The van der Waals surface area contributed by atoms with Gasteiger partial charge in [-0.1, -0.05) is 38.1 Å². The Morgan fingerprint density at radius 2 is 1.47 bits per heavy atom.